The summed E-state index contributed by atoms with van der Waals surface area (Å²) >= 11 is 0. The second-order valence-electron chi connectivity index (χ2n) is 4.89. The first kappa shape index (κ1) is 13.4. The van der Waals surface area contributed by atoms with E-state index in [2.05, 4.69) is 11.8 Å². The van der Waals surface area contributed by atoms with E-state index in [1.807, 2.05) is 19.0 Å². The van der Waals surface area contributed by atoms with E-state index >= 15 is 0 Å². The van der Waals surface area contributed by atoms with Crippen molar-refractivity contribution in [2.45, 2.75) is 25.4 Å². The van der Waals surface area contributed by atoms with Crippen LogP contribution in [-0.4, -0.2) is 66.7 Å². The molecule has 1 aliphatic heterocycles. The number of nitrogens with zero attached hydrogens (tertiary/aromatic N) is 2. The average molecular weight is 229 g/mol. The van der Waals surface area contributed by atoms with Crippen molar-refractivity contribution in [1.82, 2.24) is 9.80 Å². The highest BCUT2D eigenvalue weighted by molar-refractivity contribution is 5.73. The third-order valence-electron chi connectivity index (χ3n) is 3.43. The zero-order valence-corrected chi connectivity index (χ0v) is 10.4. The van der Waals surface area contributed by atoms with Crippen molar-refractivity contribution in [3.05, 3.63) is 0 Å². The van der Waals surface area contributed by atoms with Gasteiger partial charge in [-0.3, -0.25) is 9.69 Å². The van der Waals surface area contributed by atoms with Crippen LogP contribution in [0, 0.1) is 5.92 Å². The number of carboxylic acid groups (broad SMARTS) is 1. The van der Waals surface area contributed by atoms with Crippen molar-refractivity contribution in [3.63, 3.8) is 0 Å². The monoisotopic (exact) mass is 229 g/mol. The molecule has 0 saturated carbocycles. The Morgan fingerprint density at radius 1 is 1.56 bits per heavy atom. The van der Waals surface area contributed by atoms with Gasteiger partial charge in [0.15, 0.2) is 0 Å². The molecule has 1 saturated heterocycles. The van der Waals surface area contributed by atoms with E-state index in [0.717, 1.165) is 13.1 Å². The molecule has 3 unspecified atom stereocenters. The molecule has 5 heteroatoms. The number of nitrogens with two attached hydrogens (primary N) is 1. The molecular weight excluding hydrogens is 206 g/mol. The van der Waals surface area contributed by atoms with Gasteiger partial charge in [-0.15, -0.1) is 0 Å². The lowest BCUT2D eigenvalue weighted by Gasteiger charge is -2.25. The lowest BCUT2D eigenvalue weighted by molar-refractivity contribution is -0.143. The highest BCUT2D eigenvalue weighted by atomic mass is 16.4. The molecule has 1 heterocycles. The van der Waals surface area contributed by atoms with Gasteiger partial charge in [0, 0.05) is 19.1 Å². The summed E-state index contributed by atoms with van der Waals surface area (Å²) in [5.41, 5.74) is 5.46. The summed E-state index contributed by atoms with van der Waals surface area (Å²) in [4.78, 5) is 15.4. The van der Waals surface area contributed by atoms with Crippen molar-refractivity contribution in [1.29, 1.82) is 0 Å². The van der Waals surface area contributed by atoms with Gasteiger partial charge in [-0.1, -0.05) is 6.92 Å². The molecule has 0 bridgehead atoms. The number of rotatable bonds is 5. The van der Waals surface area contributed by atoms with Crippen LogP contribution in [0.15, 0.2) is 0 Å². The molecule has 0 radical (unpaired) electrons. The second-order valence-corrected chi connectivity index (χ2v) is 4.89. The molecule has 1 aliphatic rings. The van der Waals surface area contributed by atoms with E-state index < -0.39 is 12.0 Å². The van der Waals surface area contributed by atoms with Crippen LogP contribution in [0.5, 0.6) is 0 Å². The minimum atomic E-state index is -0.753. The van der Waals surface area contributed by atoms with Crippen LogP contribution in [0.4, 0.5) is 0 Å². The van der Waals surface area contributed by atoms with E-state index in [-0.39, 0.29) is 0 Å². The summed E-state index contributed by atoms with van der Waals surface area (Å²) in [5, 5.41) is 9.17. The first-order chi connectivity index (χ1) is 7.47. The molecule has 16 heavy (non-hydrogen) atoms. The largest absolute Gasteiger partial charge is 0.480 e. The summed E-state index contributed by atoms with van der Waals surface area (Å²) in [5.74, 6) is -0.244. The van der Waals surface area contributed by atoms with E-state index in [9.17, 15) is 4.79 Å². The molecule has 0 aromatic carbocycles. The smallest absolute Gasteiger partial charge is 0.320 e. The van der Waals surface area contributed by atoms with Gasteiger partial charge in [-0.05, 0) is 33.0 Å². The van der Waals surface area contributed by atoms with Gasteiger partial charge < -0.3 is 15.7 Å². The Bertz CT molecular complexity index is 245. The van der Waals surface area contributed by atoms with E-state index in [1.54, 1.807) is 0 Å². The van der Waals surface area contributed by atoms with Crippen molar-refractivity contribution in [2.24, 2.45) is 11.7 Å². The average Bonchev–Trinajstić information content (AvgIpc) is 2.56. The highest BCUT2D eigenvalue weighted by Gasteiger charge is 2.36. The summed E-state index contributed by atoms with van der Waals surface area (Å²) in [6.45, 7) is 4.27. The quantitative estimate of drug-likeness (QED) is 0.675. The molecule has 0 aromatic heterocycles. The van der Waals surface area contributed by atoms with Crippen LogP contribution < -0.4 is 5.73 Å². The van der Waals surface area contributed by atoms with Crippen molar-refractivity contribution < 1.29 is 9.90 Å². The predicted octanol–water partition coefficient (Wildman–Crippen LogP) is -0.330. The van der Waals surface area contributed by atoms with Crippen molar-refractivity contribution in [2.75, 3.05) is 33.7 Å². The molecule has 0 aromatic rings. The fourth-order valence-electron chi connectivity index (χ4n) is 2.53. The Labute approximate surface area is 97.2 Å². The third kappa shape index (κ3) is 2.93. The normalized spacial score (nSPS) is 28.6. The number of carbonyl (C=O) groups is 1. The lowest BCUT2D eigenvalue weighted by Crippen LogP contribution is -2.42. The predicted molar refractivity (Wildman–Crippen MR) is 63.3 cm³/mol. The van der Waals surface area contributed by atoms with Crippen LogP contribution in [0.25, 0.3) is 0 Å². The first-order valence-corrected chi connectivity index (χ1v) is 5.80. The van der Waals surface area contributed by atoms with Gasteiger partial charge >= 0.3 is 5.97 Å². The number of aliphatic carboxylic acids is 1. The van der Waals surface area contributed by atoms with E-state index in [1.165, 1.54) is 0 Å². The number of carboxylic acids is 1. The van der Waals surface area contributed by atoms with Crippen molar-refractivity contribution in [3.8, 4) is 0 Å². The maximum atomic E-state index is 11.1. The van der Waals surface area contributed by atoms with Crippen LogP contribution in [0.2, 0.25) is 0 Å². The first-order valence-electron chi connectivity index (χ1n) is 5.80. The molecular formula is C11H23N3O2. The number of likely N-dealkylation sites (N-methyl/N-ethyl adjacent to an activating group) is 1. The second kappa shape index (κ2) is 5.61. The topological polar surface area (TPSA) is 69.8 Å². The SMILES string of the molecule is CC1CN(C(CCN)C(=O)O)CC1N(C)C. The van der Waals surface area contributed by atoms with Crippen LogP contribution >= 0.6 is 0 Å². The van der Waals surface area contributed by atoms with Gasteiger partial charge in [0.05, 0.1) is 0 Å². The minimum Gasteiger partial charge on any atom is -0.480 e. The highest BCUT2D eigenvalue weighted by Crippen LogP contribution is 2.23. The fourth-order valence-corrected chi connectivity index (χ4v) is 2.53. The Morgan fingerprint density at radius 2 is 2.19 bits per heavy atom. The summed E-state index contributed by atoms with van der Waals surface area (Å²) in [7, 11) is 4.09. The number of hydrogen-bond donors (Lipinski definition) is 2. The zero-order chi connectivity index (χ0) is 12.3. The molecule has 1 fully saturated rings. The maximum absolute atomic E-state index is 11.1. The fraction of sp³-hybridized carbons (Fsp3) is 0.909. The third-order valence-corrected chi connectivity index (χ3v) is 3.43. The van der Waals surface area contributed by atoms with Crippen LogP contribution in [-0.2, 0) is 4.79 Å². The Balaban J connectivity index is 2.64. The molecule has 5 nitrogen and oxygen atoms in total. The minimum absolute atomic E-state index is 0.419. The standard InChI is InChI=1S/C11H23N3O2/c1-8-6-14(7-10(8)13(2)3)9(4-5-12)11(15)16/h8-10H,4-7,12H2,1-3H3,(H,15,16). The van der Waals surface area contributed by atoms with Crippen molar-refractivity contribution >= 4 is 5.97 Å². The molecule has 94 valence electrons. The molecule has 0 spiro atoms. The summed E-state index contributed by atoms with van der Waals surface area (Å²) < 4.78 is 0. The Kier molecular flexibility index (Phi) is 4.70. The van der Waals surface area contributed by atoms with Gasteiger partial charge in [0.2, 0.25) is 0 Å². The van der Waals surface area contributed by atoms with Gasteiger partial charge in [-0.2, -0.15) is 0 Å². The molecule has 3 N–H and O–H groups in total. The number of likely N-dealkylation sites (tertiary alicyclic amines) is 1. The molecule has 1 rings (SSSR count). The molecule has 3 atom stereocenters. The van der Waals surface area contributed by atoms with Crippen LogP contribution in [0.3, 0.4) is 0 Å². The maximum Gasteiger partial charge on any atom is 0.320 e. The van der Waals surface area contributed by atoms with E-state index in [0.29, 0.717) is 24.9 Å². The number of hydrogen-bond acceptors (Lipinski definition) is 4. The van der Waals surface area contributed by atoms with E-state index in [4.69, 9.17) is 10.8 Å². The Hall–Kier alpha value is -0.650. The Morgan fingerprint density at radius 3 is 2.56 bits per heavy atom. The zero-order valence-electron chi connectivity index (χ0n) is 10.4. The molecule has 0 amide bonds. The van der Waals surface area contributed by atoms with Gasteiger partial charge in [0.1, 0.15) is 6.04 Å². The van der Waals surface area contributed by atoms with Crippen LogP contribution in [0.1, 0.15) is 13.3 Å². The van der Waals surface area contributed by atoms with Gasteiger partial charge in [-0.25, -0.2) is 0 Å². The van der Waals surface area contributed by atoms with Gasteiger partial charge in [0.25, 0.3) is 0 Å². The summed E-state index contributed by atoms with van der Waals surface area (Å²) in [6.07, 6.45) is 0.530. The lowest BCUT2D eigenvalue weighted by atomic mass is 10.1. The summed E-state index contributed by atoms with van der Waals surface area (Å²) in [6, 6.07) is 0.0250. The molecule has 0 aliphatic carbocycles.